The fraction of sp³-hybridized carbons (Fsp3) is 0.500. The van der Waals surface area contributed by atoms with Crippen molar-refractivity contribution in [1.82, 2.24) is 0 Å². The van der Waals surface area contributed by atoms with Crippen LogP contribution in [0.5, 0.6) is 0 Å². The maximum absolute atomic E-state index is 3.79. The summed E-state index contributed by atoms with van der Waals surface area (Å²) in [7, 11) is 0. The first kappa shape index (κ1) is 11.2. The van der Waals surface area contributed by atoms with E-state index in [0.29, 0.717) is 5.41 Å². The van der Waals surface area contributed by atoms with E-state index < -0.39 is 0 Å². The zero-order chi connectivity index (χ0) is 9.45. The zero-order valence-corrected chi connectivity index (χ0v) is 8.18. The van der Waals surface area contributed by atoms with Gasteiger partial charge in [0.25, 0.3) is 0 Å². The van der Waals surface area contributed by atoms with Gasteiger partial charge in [0.2, 0.25) is 0 Å². The van der Waals surface area contributed by atoms with Gasteiger partial charge in [-0.2, -0.15) is 0 Å². The first-order valence-electron chi connectivity index (χ1n) is 4.57. The van der Waals surface area contributed by atoms with Crippen molar-refractivity contribution in [2.45, 2.75) is 32.6 Å². The normalized spacial score (nSPS) is 10.8. The van der Waals surface area contributed by atoms with Crippen molar-refractivity contribution in [3.63, 3.8) is 0 Å². The van der Waals surface area contributed by atoms with Crippen molar-refractivity contribution in [1.29, 1.82) is 0 Å². The summed E-state index contributed by atoms with van der Waals surface area (Å²) in [5.41, 5.74) is 0.339. The Morgan fingerprint density at radius 1 is 0.917 bits per heavy atom. The lowest BCUT2D eigenvalue weighted by Crippen LogP contribution is -2.17. The molecular formula is C12H20. The molecule has 0 aliphatic heterocycles. The Morgan fingerprint density at radius 2 is 1.25 bits per heavy atom. The van der Waals surface area contributed by atoms with Crippen molar-refractivity contribution < 1.29 is 0 Å². The molecule has 0 heteroatoms. The molecule has 0 nitrogen and oxygen atoms in total. The molecule has 0 atom stereocenters. The smallest absolute Gasteiger partial charge is 0.0197 e. The molecular weight excluding hydrogens is 144 g/mol. The molecule has 0 aliphatic rings. The highest BCUT2D eigenvalue weighted by molar-refractivity contribution is 4.94. The van der Waals surface area contributed by atoms with E-state index in [1.807, 2.05) is 18.2 Å². The highest BCUT2D eigenvalue weighted by Crippen LogP contribution is 2.35. The van der Waals surface area contributed by atoms with E-state index in [0.717, 1.165) is 25.7 Å². The third-order valence-corrected chi connectivity index (χ3v) is 2.48. The summed E-state index contributed by atoms with van der Waals surface area (Å²) in [6.45, 7) is 13.6. The van der Waals surface area contributed by atoms with Crippen LogP contribution in [0.2, 0.25) is 0 Å². The molecule has 12 heavy (non-hydrogen) atoms. The van der Waals surface area contributed by atoms with Gasteiger partial charge in [0, 0.05) is 0 Å². The molecule has 0 heterocycles. The Morgan fingerprint density at radius 3 is 1.42 bits per heavy atom. The lowest BCUT2D eigenvalue weighted by Gasteiger charge is -2.29. The molecule has 0 saturated heterocycles. The topological polar surface area (TPSA) is 0 Å². The van der Waals surface area contributed by atoms with Gasteiger partial charge < -0.3 is 0 Å². The van der Waals surface area contributed by atoms with Crippen molar-refractivity contribution in [2.24, 2.45) is 5.41 Å². The van der Waals surface area contributed by atoms with E-state index in [-0.39, 0.29) is 0 Å². The van der Waals surface area contributed by atoms with Crippen LogP contribution < -0.4 is 0 Å². The molecule has 0 aromatic rings. The van der Waals surface area contributed by atoms with Gasteiger partial charge in [-0.15, -0.1) is 19.7 Å². The van der Waals surface area contributed by atoms with Gasteiger partial charge in [-0.05, 0) is 31.1 Å². The summed E-state index contributed by atoms with van der Waals surface area (Å²) in [4.78, 5) is 0. The van der Waals surface area contributed by atoms with E-state index in [2.05, 4.69) is 26.7 Å². The molecule has 0 aliphatic carbocycles. The minimum absolute atomic E-state index is 0.339. The Labute approximate surface area is 76.7 Å². The lowest BCUT2D eigenvalue weighted by molar-refractivity contribution is 0.285. The molecule has 0 N–H and O–H groups in total. The number of hydrogen-bond acceptors (Lipinski definition) is 0. The fourth-order valence-electron chi connectivity index (χ4n) is 1.60. The third kappa shape index (κ3) is 3.08. The summed E-state index contributed by atoms with van der Waals surface area (Å²) < 4.78 is 0. The van der Waals surface area contributed by atoms with E-state index in [1.165, 1.54) is 0 Å². The average molecular weight is 164 g/mol. The van der Waals surface area contributed by atoms with Gasteiger partial charge in [-0.1, -0.05) is 25.2 Å². The molecule has 0 radical (unpaired) electrons. The quantitative estimate of drug-likeness (QED) is 0.497. The first-order valence-corrected chi connectivity index (χ1v) is 4.57. The molecule has 0 fully saturated rings. The zero-order valence-electron chi connectivity index (χ0n) is 8.18. The standard InChI is InChI=1S/C12H20/c1-5-9-12(8-4,10-6-2)11-7-3/h5-7H,1-3,8-11H2,4H3. The van der Waals surface area contributed by atoms with Crippen molar-refractivity contribution in [2.75, 3.05) is 0 Å². The van der Waals surface area contributed by atoms with Crippen LogP contribution in [0.1, 0.15) is 32.6 Å². The average Bonchev–Trinajstić information content (AvgIpc) is 2.06. The monoisotopic (exact) mass is 164 g/mol. The largest absolute Gasteiger partial charge is 0.103 e. The van der Waals surface area contributed by atoms with Gasteiger partial charge in [0.05, 0.1) is 0 Å². The molecule has 0 unspecified atom stereocenters. The Kier molecular flexibility index (Phi) is 5.44. The molecule has 68 valence electrons. The highest BCUT2D eigenvalue weighted by Gasteiger charge is 2.22. The van der Waals surface area contributed by atoms with E-state index in [1.54, 1.807) is 0 Å². The molecule has 0 saturated carbocycles. The fourth-order valence-corrected chi connectivity index (χ4v) is 1.60. The second-order valence-electron chi connectivity index (χ2n) is 3.33. The number of hydrogen-bond donors (Lipinski definition) is 0. The summed E-state index contributed by atoms with van der Waals surface area (Å²) in [6.07, 6.45) is 10.3. The van der Waals surface area contributed by atoms with Crippen LogP contribution in [-0.2, 0) is 0 Å². The van der Waals surface area contributed by atoms with E-state index >= 15 is 0 Å². The van der Waals surface area contributed by atoms with Gasteiger partial charge in [0.1, 0.15) is 0 Å². The SMILES string of the molecule is C=CCC(CC)(CC=C)CC=C. The van der Waals surface area contributed by atoms with Crippen molar-refractivity contribution in [3.05, 3.63) is 38.0 Å². The van der Waals surface area contributed by atoms with Crippen LogP contribution in [0.25, 0.3) is 0 Å². The highest BCUT2D eigenvalue weighted by atomic mass is 14.3. The third-order valence-electron chi connectivity index (χ3n) is 2.48. The van der Waals surface area contributed by atoms with Crippen LogP contribution in [0.3, 0.4) is 0 Å². The number of rotatable bonds is 7. The molecule has 0 bridgehead atoms. The Bertz CT molecular complexity index is 127. The van der Waals surface area contributed by atoms with Crippen LogP contribution >= 0.6 is 0 Å². The van der Waals surface area contributed by atoms with Crippen LogP contribution in [0, 0.1) is 5.41 Å². The van der Waals surface area contributed by atoms with Gasteiger partial charge in [-0.25, -0.2) is 0 Å². The summed E-state index contributed by atoms with van der Waals surface area (Å²) in [5, 5.41) is 0. The second-order valence-corrected chi connectivity index (χ2v) is 3.33. The predicted molar refractivity (Wildman–Crippen MR) is 57.2 cm³/mol. The first-order chi connectivity index (χ1) is 5.74. The molecule has 0 rings (SSSR count). The second kappa shape index (κ2) is 5.82. The molecule has 0 aromatic carbocycles. The summed E-state index contributed by atoms with van der Waals surface area (Å²) in [6, 6.07) is 0. The van der Waals surface area contributed by atoms with Gasteiger partial charge in [-0.3, -0.25) is 0 Å². The lowest BCUT2D eigenvalue weighted by atomic mass is 9.76. The molecule has 0 spiro atoms. The molecule has 0 aromatic heterocycles. The molecule has 0 amide bonds. The van der Waals surface area contributed by atoms with Gasteiger partial charge >= 0.3 is 0 Å². The summed E-state index contributed by atoms with van der Waals surface area (Å²) in [5.74, 6) is 0. The Hall–Kier alpha value is -0.780. The predicted octanol–water partition coefficient (Wildman–Crippen LogP) is 4.11. The van der Waals surface area contributed by atoms with Crippen LogP contribution in [0.15, 0.2) is 38.0 Å². The summed E-state index contributed by atoms with van der Waals surface area (Å²) >= 11 is 0. The number of allylic oxidation sites excluding steroid dienone is 3. The van der Waals surface area contributed by atoms with Crippen molar-refractivity contribution >= 4 is 0 Å². The van der Waals surface area contributed by atoms with Crippen LogP contribution in [-0.4, -0.2) is 0 Å². The van der Waals surface area contributed by atoms with E-state index in [9.17, 15) is 0 Å². The Balaban J connectivity index is 4.35. The van der Waals surface area contributed by atoms with Crippen molar-refractivity contribution in [3.8, 4) is 0 Å². The minimum Gasteiger partial charge on any atom is -0.103 e. The van der Waals surface area contributed by atoms with Crippen LogP contribution in [0.4, 0.5) is 0 Å². The maximum Gasteiger partial charge on any atom is -0.0197 e. The van der Waals surface area contributed by atoms with Gasteiger partial charge in [0.15, 0.2) is 0 Å². The van der Waals surface area contributed by atoms with E-state index in [4.69, 9.17) is 0 Å². The minimum atomic E-state index is 0.339. The maximum atomic E-state index is 3.79.